The smallest absolute Gasteiger partial charge is 0.223 e. The van der Waals surface area contributed by atoms with Gasteiger partial charge in [0.15, 0.2) is 0 Å². The Kier molecular flexibility index (Phi) is 5.26. The van der Waals surface area contributed by atoms with E-state index >= 15 is 0 Å². The number of carbonyl (C=O) groups excluding carboxylic acids is 1. The average Bonchev–Trinajstić information content (AvgIpc) is 3.13. The molecule has 0 spiro atoms. The molecule has 1 fully saturated rings. The Balaban J connectivity index is 1.92. The van der Waals surface area contributed by atoms with Gasteiger partial charge in [-0.3, -0.25) is 4.79 Å². The quantitative estimate of drug-likeness (QED) is 0.778. The number of sulfone groups is 1. The Morgan fingerprint density at radius 3 is 2.45 bits per heavy atom. The molecular formula is C23H27NO6S. The van der Waals surface area contributed by atoms with Crippen LogP contribution in [0.1, 0.15) is 43.9 Å². The molecule has 31 heavy (non-hydrogen) atoms. The van der Waals surface area contributed by atoms with Gasteiger partial charge in [0.25, 0.3) is 0 Å². The van der Waals surface area contributed by atoms with Crippen molar-refractivity contribution in [1.82, 2.24) is 4.90 Å². The van der Waals surface area contributed by atoms with Crippen molar-refractivity contribution in [3.05, 3.63) is 47.5 Å². The summed E-state index contributed by atoms with van der Waals surface area (Å²) >= 11 is 0. The number of likely N-dealkylation sites (tertiary alicyclic amines) is 1. The van der Waals surface area contributed by atoms with Gasteiger partial charge in [0, 0.05) is 24.6 Å². The number of hydrogen-bond donors (Lipinski definition) is 1. The van der Waals surface area contributed by atoms with Crippen molar-refractivity contribution in [2.75, 3.05) is 13.7 Å². The molecule has 1 N–H and O–H groups in total. The third-order valence-electron chi connectivity index (χ3n) is 6.07. The summed E-state index contributed by atoms with van der Waals surface area (Å²) in [5.41, 5.74) is 0.444. The van der Waals surface area contributed by atoms with Gasteiger partial charge in [-0.1, -0.05) is 17.7 Å². The Hall–Kier alpha value is -2.58. The minimum atomic E-state index is -3.90. The predicted octanol–water partition coefficient (Wildman–Crippen LogP) is 3.03. The van der Waals surface area contributed by atoms with Crippen molar-refractivity contribution >= 4 is 15.7 Å². The van der Waals surface area contributed by atoms with Crippen molar-refractivity contribution in [2.24, 2.45) is 0 Å². The van der Waals surface area contributed by atoms with Crippen LogP contribution in [0.15, 0.2) is 46.2 Å². The topological polar surface area (TPSA) is 93.1 Å². The van der Waals surface area contributed by atoms with Crippen molar-refractivity contribution in [3.63, 3.8) is 0 Å². The van der Waals surface area contributed by atoms with E-state index in [4.69, 9.17) is 9.47 Å². The molecule has 2 aromatic carbocycles. The van der Waals surface area contributed by atoms with Gasteiger partial charge < -0.3 is 19.5 Å². The second-order valence-corrected chi connectivity index (χ2v) is 10.6. The number of methoxy groups -OCH3 is 1. The highest BCUT2D eigenvalue weighted by atomic mass is 32.2. The molecule has 0 radical (unpaired) electrons. The molecule has 1 saturated heterocycles. The fourth-order valence-electron chi connectivity index (χ4n) is 4.29. The summed E-state index contributed by atoms with van der Waals surface area (Å²) in [5, 5.41) is 11.1. The van der Waals surface area contributed by atoms with Gasteiger partial charge in [0.05, 0.1) is 18.0 Å². The van der Waals surface area contributed by atoms with Gasteiger partial charge in [-0.05, 0) is 45.4 Å². The van der Waals surface area contributed by atoms with Crippen molar-refractivity contribution in [1.29, 1.82) is 0 Å². The molecule has 2 aromatic rings. The molecule has 0 aromatic heterocycles. The highest BCUT2D eigenvalue weighted by molar-refractivity contribution is 7.91. The molecule has 1 amide bonds. The first-order chi connectivity index (χ1) is 14.6. The normalized spacial score (nSPS) is 22.7. The first kappa shape index (κ1) is 21.6. The van der Waals surface area contributed by atoms with Crippen LogP contribution in [-0.4, -0.2) is 49.7 Å². The third kappa shape index (κ3) is 3.57. The van der Waals surface area contributed by atoms with E-state index in [9.17, 15) is 18.3 Å². The highest BCUT2D eigenvalue weighted by Gasteiger charge is 2.48. The fraction of sp³-hybridized carbons (Fsp3) is 0.435. The van der Waals surface area contributed by atoms with Crippen LogP contribution in [0, 0.1) is 6.92 Å². The lowest BCUT2D eigenvalue weighted by Crippen LogP contribution is -2.53. The van der Waals surface area contributed by atoms with Crippen LogP contribution in [-0.2, 0) is 14.6 Å². The first-order valence-corrected chi connectivity index (χ1v) is 11.7. The summed E-state index contributed by atoms with van der Waals surface area (Å²) in [6, 6.07) is 8.90. The van der Waals surface area contributed by atoms with E-state index < -0.39 is 27.6 Å². The maximum atomic E-state index is 13.4. The van der Waals surface area contributed by atoms with E-state index in [1.165, 1.54) is 19.2 Å². The molecule has 0 bridgehead atoms. The van der Waals surface area contributed by atoms with Crippen molar-refractivity contribution in [2.45, 2.75) is 61.2 Å². The number of rotatable bonds is 4. The van der Waals surface area contributed by atoms with Crippen LogP contribution < -0.4 is 9.47 Å². The fourth-order valence-corrected chi connectivity index (χ4v) is 5.72. The van der Waals surface area contributed by atoms with E-state index in [1.54, 1.807) is 43.0 Å². The number of amides is 1. The summed E-state index contributed by atoms with van der Waals surface area (Å²) in [7, 11) is -2.50. The van der Waals surface area contributed by atoms with Gasteiger partial charge in [0.2, 0.25) is 15.7 Å². The van der Waals surface area contributed by atoms with Crippen LogP contribution in [0.4, 0.5) is 0 Å². The summed E-state index contributed by atoms with van der Waals surface area (Å²) in [5.74, 6) is 0.490. The number of aryl methyl sites for hydroxylation is 1. The number of carbonyl (C=O) groups is 1. The molecule has 166 valence electrons. The maximum Gasteiger partial charge on any atom is 0.223 e. The summed E-state index contributed by atoms with van der Waals surface area (Å²) in [6.45, 7) is 5.88. The lowest BCUT2D eigenvalue weighted by Gasteiger charge is -2.45. The Morgan fingerprint density at radius 1 is 1.19 bits per heavy atom. The molecule has 2 aliphatic rings. The highest BCUT2D eigenvalue weighted by Crippen LogP contribution is 2.47. The number of ether oxygens (including phenoxy) is 2. The largest absolute Gasteiger partial charge is 0.495 e. The van der Waals surface area contributed by atoms with Crippen LogP contribution >= 0.6 is 0 Å². The van der Waals surface area contributed by atoms with Crippen molar-refractivity contribution < 1.29 is 27.8 Å². The molecule has 8 heteroatoms. The van der Waals surface area contributed by atoms with Crippen LogP contribution in [0.2, 0.25) is 0 Å². The standard InChI is InChI=1S/C23H27NO6S/c1-14-7-9-15(10-8-14)31(27,28)19-12-16-17(13-18(19)29-4)30-23(2,3)22(26)21(16)24-11-5-6-20(24)25/h7-10,12-13,21-22,26H,5-6,11H2,1-4H3/t21-,22+/m1/s1. The molecule has 0 saturated carbocycles. The summed E-state index contributed by atoms with van der Waals surface area (Å²) in [4.78, 5) is 14.3. The van der Waals surface area contributed by atoms with Gasteiger partial charge in [0.1, 0.15) is 28.1 Å². The summed E-state index contributed by atoms with van der Waals surface area (Å²) < 4.78 is 38.3. The molecule has 0 unspecified atom stereocenters. The van der Waals surface area contributed by atoms with Gasteiger partial charge >= 0.3 is 0 Å². The second kappa shape index (κ2) is 7.53. The second-order valence-electron chi connectivity index (χ2n) is 8.64. The van der Waals surface area contributed by atoms with Gasteiger partial charge in [-0.25, -0.2) is 8.42 Å². The number of hydrogen-bond acceptors (Lipinski definition) is 6. The zero-order chi connectivity index (χ0) is 22.6. The van der Waals surface area contributed by atoms with Crippen LogP contribution in [0.3, 0.4) is 0 Å². The monoisotopic (exact) mass is 445 g/mol. The van der Waals surface area contributed by atoms with E-state index in [1.807, 2.05) is 6.92 Å². The van der Waals surface area contributed by atoms with E-state index in [0.717, 1.165) is 5.56 Å². The van der Waals surface area contributed by atoms with E-state index in [2.05, 4.69) is 0 Å². The SMILES string of the molecule is COc1cc2c(cc1S(=O)(=O)c1ccc(C)cc1)[C@@H](N1CCCC1=O)[C@H](O)C(C)(C)O2. The minimum Gasteiger partial charge on any atom is -0.495 e. The molecular weight excluding hydrogens is 418 g/mol. The molecule has 4 rings (SSSR count). The molecule has 0 aliphatic carbocycles. The number of fused-ring (bicyclic) bond motifs is 1. The lowest BCUT2D eigenvalue weighted by molar-refractivity contribution is -0.139. The van der Waals surface area contributed by atoms with Gasteiger partial charge in [-0.2, -0.15) is 0 Å². The molecule has 2 atom stereocenters. The molecule has 7 nitrogen and oxygen atoms in total. The average molecular weight is 446 g/mol. The molecule has 2 heterocycles. The predicted molar refractivity (Wildman–Crippen MR) is 114 cm³/mol. The maximum absolute atomic E-state index is 13.4. The first-order valence-electron chi connectivity index (χ1n) is 10.3. The zero-order valence-corrected chi connectivity index (χ0v) is 18.9. The van der Waals surface area contributed by atoms with Crippen molar-refractivity contribution in [3.8, 4) is 11.5 Å². The number of aliphatic hydroxyl groups is 1. The number of aliphatic hydroxyl groups excluding tert-OH is 1. The Labute approximate surface area is 182 Å². The van der Waals surface area contributed by atoms with Crippen LogP contribution in [0.25, 0.3) is 0 Å². The number of nitrogens with zero attached hydrogens (tertiary/aromatic N) is 1. The Morgan fingerprint density at radius 2 is 1.87 bits per heavy atom. The van der Waals surface area contributed by atoms with Gasteiger partial charge in [-0.15, -0.1) is 0 Å². The lowest BCUT2D eigenvalue weighted by atomic mass is 9.85. The zero-order valence-electron chi connectivity index (χ0n) is 18.1. The summed E-state index contributed by atoms with van der Waals surface area (Å²) in [6.07, 6.45) is 0.0822. The van der Waals surface area contributed by atoms with E-state index in [-0.39, 0.29) is 21.4 Å². The van der Waals surface area contributed by atoms with E-state index in [0.29, 0.717) is 30.7 Å². The third-order valence-corrected chi connectivity index (χ3v) is 7.86. The molecule has 2 aliphatic heterocycles. The minimum absolute atomic E-state index is 0.0234. The Bertz CT molecular complexity index is 1120. The van der Waals surface area contributed by atoms with Crippen LogP contribution in [0.5, 0.6) is 11.5 Å². The number of benzene rings is 2.